The molecule has 0 radical (unpaired) electrons. The van der Waals surface area contributed by atoms with Crippen LogP contribution in [0.5, 0.6) is 0 Å². The molecule has 0 spiro atoms. The normalized spacial score (nSPS) is 21.7. The van der Waals surface area contributed by atoms with Gasteiger partial charge in [0.05, 0.1) is 11.1 Å². The van der Waals surface area contributed by atoms with Gasteiger partial charge in [0.1, 0.15) is 4.99 Å². The zero-order valence-electron chi connectivity index (χ0n) is 8.77. The minimum absolute atomic E-state index is 0.448. The first-order chi connectivity index (χ1) is 7.16. The molecule has 0 aliphatic carbocycles. The average Bonchev–Trinajstić information content (AvgIpc) is 2.66. The molecule has 0 bridgehead atoms. The van der Waals surface area contributed by atoms with Gasteiger partial charge in [-0.1, -0.05) is 30.5 Å². The lowest BCUT2D eigenvalue weighted by Crippen LogP contribution is -2.34. The number of piperidine rings is 1. The summed E-state index contributed by atoms with van der Waals surface area (Å²) in [4.78, 5) is 8.07. The Morgan fingerprint density at radius 1 is 1.73 bits per heavy atom. The van der Waals surface area contributed by atoms with Crippen molar-refractivity contribution in [2.75, 3.05) is 18.0 Å². The molecule has 2 N–H and O–H groups in total. The molecule has 1 aromatic heterocycles. The second-order valence-corrected chi connectivity index (χ2v) is 5.51. The highest BCUT2D eigenvalue weighted by molar-refractivity contribution is 7.81. The molecule has 3 nitrogen and oxygen atoms in total. The van der Waals surface area contributed by atoms with E-state index < -0.39 is 0 Å². The number of nitrogens with zero attached hydrogens (tertiary/aromatic N) is 2. The number of hydrogen-bond acceptors (Lipinski definition) is 4. The molecule has 1 aromatic rings. The smallest absolute Gasteiger partial charge is 0.185 e. The van der Waals surface area contributed by atoms with Gasteiger partial charge in [0.25, 0.3) is 0 Å². The van der Waals surface area contributed by atoms with E-state index in [1.54, 1.807) is 17.5 Å². The van der Waals surface area contributed by atoms with E-state index >= 15 is 0 Å². The molecule has 0 saturated carbocycles. The van der Waals surface area contributed by atoms with Gasteiger partial charge < -0.3 is 10.6 Å². The van der Waals surface area contributed by atoms with Gasteiger partial charge in [0.2, 0.25) is 0 Å². The van der Waals surface area contributed by atoms with Crippen molar-refractivity contribution in [1.29, 1.82) is 0 Å². The molecule has 1 aliphatic rings. The lowest BCUT2D eigenvalue weighted by Gasteiger charge is -2.30. The van der Waals surface area contributed by atoms with E-state index in [0.717, 1.165) is 29.0 Å². The molecule has 1 saturated heterocycles. The van der Waals surface area contributed by atoms with Crippen LogP contribution in [0, 0.1) is 5.92 Å². The number of thiocarbonyl (C=S) groups is 1. The van der Waals surface area contributed by atoms with E-state index in [1.807, 2.05) is 0 Å². The molecule has 82 valence electrons. The molecule has 0 aromatic carbocycles. The molecule has 2 heterocycles. The maximum absolute atomic E-state index is 5.57. The predicted molar refractivity (Wildman–Crippen MR) is 68.6 cm³/mol. The molecule has 5 heteroatoms. The van der Waals surface area contributed by atoms with Gasteiger partial charge >= 0.3 is 0 Å². The van der Waals surface area contributed by atoms with Crippen LogP contribution in [0.2, 0.25) is 0 Å². The van der Waals surface area contributed by atoms with E-state index in [4.69, 9.17) is 18.0 Å². The largest absolute Gasteiger partial charge is 0.389 e. The number of nitrogens with two attached hydrogens (primary N) is 1. The third kappa shape index (κ3) is 2.46. The highest BCUT2D eigenvalue weighted by Crippen LogP contribution is 2.27. The zero-order valence-corrected chi connectivity index (χ0v) is 10.4. The minimum Gasteiger partial charge on any atom is -0.389 e. The Balaban J connectivity index is 2.11. The minimum atomic E-state index is 0.448. The third-order valence-electron chi connectivity index (χ3n) is 2.66. The first kappa shape index (κ1) is 10.8. The van der Waals surface area contributed by atoms with Crippen molar-refractivity contribution in [2.45, 2.75) is 19.8 Å². The van der Waals surface area contributed by atoms with Crippen molar-refractivity contribution < 1.29 is 0 Å². The van der Waals surface area contributed by atoms with Crippen LogP contribution in [0.4, 0.5) is 5.13 Å². The predicted octanol–water partition coefficient (Wildman–Crippen LogP) is 2.01. The second kappa shape index (κ2) is 4.45. The van der Waals surface area contributed by atoms with Crippen molar-refractivity contribution >= 4 is 33.7 Å². The number of thiazole rings is 1. The van der Waals surface area contributed by atoms with E-state index in [0.29, 0.717) is 4.99 Å². The quantitative estimate of drug-likeness (QED) is 0.804. The standard InChI is InChI=1S/C10H15N3S2/c1-7-3-2-4-13(6-7)10-12-5-8(15-10)9(11)14/h5,7H,2-4,6H2,1H3,(H2,11,14). The first-order valence-corrected chi connectivity index (χ1v) is 6.40. The van der Waals surface area contributed by atoms with Crippen molar-refractivity contribution in [3.05, 3.63) is 11.1 Å². The Hall–Kier alpha value is -0.680. The lowest BCUT2D eigenvalue weighted by molar-refractivity contribution is 0.446. The van der Waals surface area contributed by atoms with Gasteiger partial charge in [-0.2, -0.15) is 0 Å². The maximum atomic E-state index is 5.57. The van der Waals surface area contributed by atoms with Crippen LogP contribution in [0.1, 0.15) is 24.6 Å². The summed E-state index contributed by atoms with van der Waals surface area (Å²) in [5.41, 5.74) is 5.57. The van der Waals surface area contributed by atoms with Crippen LogP contribution in [-0.2, 0) is 0 Å². The molecule has 1 fully saturated rings. The number of hydrogen-bond donors (Lipinski definition) is 1. The molecule has 1 atom stereocenters. The van der Waals surface area contributed by atoms with Crippen LogP contribution < -0.4 is 10.6 Å². The van der Waals surface area contributed by atoms with Crippen LogP contribution in [0.15, 0.2) is 6.20 Å². The summed E-state index contributed by atoms with van der Waals surface area (Å²) < 4.78 is 0. The SMILES string of the molecule is CC1CCCN(c2ncc(C(N)=S)s2)C1. The number of rotatable bonds is 2. The van der Waals surface area contributed by atoms with E-state index in [9.17, 15) is 0 Å². The summed E-state index contributed by atoms with van der Waals surface area (Å²) in [6.07, 6.45) is 4.36. The highest BCUT2D eigenvalue weighted by Gasteiger charge is 2.19. The Labute approximate surface area is 99.3 Å². The lowest BCUT2D eigenvalue weighted by atomic mass is 10.0. The van der Waals surface area contributed by atoms with Crippen LogP contribution in [-0.4, -0.2) is 23.1 Å². The fourth-order valence-corrected chi connectivity index (χ4v) is 2.87. The van der Waals surface area contributed by atoms with Gasteiger partial charge in [-0.3, -0.25) is 0 Å². The highest BCUT2D eigenvalue weighted by atomic mass is 32.1. The fraction of sp³-hybridized carbons (Fsp3) is 0.600. The van der Waals surface area contributed by atoms with Crippen molar-refractivity contribution in [3.8, 4) is 0 Å². The van der Waals surface area contributed by atoms with Crippen LogP contribution in [0.25, 0.3) is 0 Å². The third-order valence-corrected chi connectivity index (χ3v) is 4.10. The molecule has 15 heavy (non-hydrogen) atoms. The van der Waals surface area contributed by atoms with Crippen molar-refractivity contribution in [2.24, 2.45) is 11.7 Å². The van der Waals surface area contributed by atoms with Gasteiger partial charge in [0, 0.05) is 13.1 Å². The Morgan fingerprint density at radius 2 is 2.53 bits per heavy atom. The molecule has 0 amide bonds. The monoisotopic (exact) mass is 241 g/mol. The van der Waals surface area contributed by atoms with Crippen molar-refractivity contribution in [1.82, 2.24) is 4.98 Å². The number of anilines is 1. The Kier molecular flexibility index (Phi) is 3.21. The van der Waals surface area contributed by atoms with E-state index in [-0.39, 0.29) is 0 Å². The summed E-state index contributed by atoms with van der Waals surface area (Å²) in [5, 5.41) is 1.06. The maximum Gasteiger partial charge on any atom is 0.185 e. The van der Waals surface area contributed by atoms with Crippen LogP contribution in [0.3, 0.4) is 0 Å². The molecule has 1 unspecified atom stereocenters. The Morgan fingerprint density at radius 3 is 3.13 bits per heavy atom. The fourth-order valence-electron chi connectivity index (χ4n) is 1.89. The molecular formula is C10H15N3S2. The number of aromatic nitrogens is 1. The summed E-state index contributed by atoms with van der Waals surface area (Å²) in [7, 11) is 0. The Bertz CT molecular complexity index is 361. The summed E-state index contributed by atoms with van der Waals surface area (Å²) in [6.45, 7) is 4.49. The zero-order chi connectivity index (χ0) is 10.8. The topological polar surface area (TPSA) is 42.2 Å². The van der Waals surface area contributed by atoms with Gasteiger partial charge in [-0.25, -0.2) is 4.98 Å². The van der Waals surface area contributed by atoms with Crippen molar-refractivity contribution in [3.63, 3.8) is 0 Å². The first-order valence-electron chi connectivity index (χ1n) is 5.17. The second-order valence-electron chi connectivity index (χ2n) is 4.06. The summed E-state index contributed by atoms with van der Waals surface area (Å²) in [6, 6.07) is 0. The van der Waals surface area contributed by atoms with Gasteiger partial charge in [-0.05, 0) is 18.8 Å². The average molecular weight is 241 g/mol. The van der Waals surface area contributed by atoms with Gasteiger partial charge in [-0.15, -0.1) is 0 Å². The summed E-state index contributed by atoms with van der Waals surface area (Å²) >= 11 is 6.53. The molecular weight excluding hydrogens is 226 g/mol. The summed E-state index contributed by atoms with van der Waals surface area (Å²) in [5.74, 6) is 0.760. The van der Waals surface area contributed by atoms with Crippen LogP contribution >= 0.6 is 23.6 Å². The van der Waals surface area contributed by atoms with Gasteiger partial charge in [0.15, 0.2) is 5.13 Å². The van der Waals surface area contributed by atoms with E-state index in [2.05, 4.69) is 16.8 Å². The van der Waals surface area contributed by atoms with E-state index in [1.165, 1.54) is 12.8 Å². The molecule has 2 rings (SSSR count). The molecule has 1 aliphatic heterocycles.